The van der Waals surface area contributed by atoms with Gasteiger partial charge in [0.2, 0.25) is 0 Å². The predicted octanol–water partition coefficient (Wildman–Crippen LogP) is 1.24. The fourth-order valence-electron chi connectivity index (χ4n) is 2.02. The van der Waals surface area contributed by atoms with E-state index in [1.165, 1.54) is 0 Å². The molecule has 1 atom stereocenters. The van der Waals surface area contributed by atoms with Crippen LogP contribution >= 0.6 is 0 Å². The van der Waals surface area contributed by atoms with Crippen LogP contribution in [0.25, 0.3) is 0 Å². The van der Waals surface area contributed by atoms with Gasteiger partial charge in [0, 0.05) is 24.8 Å². The van der Waals surface area contributed by atoms with Gasteiger partial charge in [-0.3, -0.25) is 0 Å². The van der Waals surface area contributed by atoms with E-state index in [0.29, 0.717) is 18.8 Å². The molecular weight excluding hydrogens is 204 g/mol. The molecule has 0 aliphatic carbocycles. The molecule has 3 N–H and O–H groups in total. The minimum Gasteiger partial charge on any atom is -0.492 e. The van der Waals surface area contributed by atoms with E-state index in [1.54, 1.807) is 0 Å². The Balaban J connectivity index is 2.25. The van der Waals surface area contributed by atoms with Gasteiger partial charge in [-0.25, -0.2) is 0 Å². The van der Waals surface area contributed by atoms with Crippen molar-refractivity contribution in [3.63, 3.8) is 0 Å². The van der Waals surface area contributed by atoms with Gasteiger partial charge in [0.1, 0.15) is 5.75 Å². The molecule has 4 heteroatoms. The molecule has 0 spiro atoms. The number of ether oxygens (including phenoxy) is 1. The van der Waals surface area contributed by atoms with Gasteiger partial charge < -0.3 is 20.5 Å². The molecule has 0 amide bonds. The minimum absolute atomic E-state index is 0.230. The zero-order valence-electron chi connectivity index (χ0n) is 9.52. The van der Waals surface area contributed by atoms with Gasteiger partial charge in [-0.1, -0.05) is 0 Å². The van der Waals surface area contributed by atoms with Crippen molar-refractivity contribution in [3.8, 4) is 5.75 Å². The maximum Gasteiger partial charge on any atom is 0.144 e. The highest BCUT2D eigenvalue weighted by atomic mass is 16.5. The third-order valence-electron chi connectivity index (χ3n) is 2.79. The molecule has 1 unspecified atom stereocenters. The molecule has 1 fully saturated rings. The van der Waals surface area contributed by atoms with E-state index < -0.39 is 0 Å². The molecule has 0 saturated carbocycles. The van der Waals surface area contributed by atoms with Crippen LogP contribution in [0.1, 0.15) is 13.3 Å². The van der Waals surface area contributed by atoms with E-state index in [0.717, 1.165) is 24.4 Å². The first kappa shape index (κ1) is 11.1. The second kappa shape index (κ2) is 4.61. The summed E-state index contributed by atoms with van der Waals surface area (Å²) in [4.78, 5) is 2.13. The lowest BCUT2D eigenvalue weighted by Crippen LogP contribution is -2.21. The first-order chi connectivity index (χ1) is 7.70. The van der Waals surface area contributed by atoms with Gasteiger partial charge in [0.05, 0.1) is 18.4 Å². The Bertz CT molecular complexity index is 368. The molecule has 1 aliphatic rings. The van der Waals surface area contributed by atoms with Crippen molar-refractivity contribution in [3.05, 3.63) is 18.2 Å². The summed E-state index contributed by atoms with van der Waals surface area (Å²) < 4.78 is 5.56. The van der Waals surface area contributed by atoms with Crippen LogP contribution in [-0.4, -0.2) is 30.9 Å². The maximum absolute atomic E-state index is 9.53. The van der Waals surface area contributed by atoms with Crippen LogP contribution in [0.4, 0.5) is 11.4 Å². The van der Waals surface area contributed by atoms with Crippen LogP contribution in [-0.2, 0) is 0 Å². The molecule has 4 nitrogen and oxygen atoms in total. The zero-order valence-corrected chi connectivity index (χ0v) is 9.52. The van der Waals surface area contributed by atoms with E-state index in [-0.39, 0.29) is 6.10 Å². The van der Waals surface area contributed by atoms with Crippen LogP contribution in [0.2, 0.25) is 0 Å². The van der Waals surface area contributed by atoms with E-state index in [2.05, 4.69) is 4.90 Å². The maximum atomic E-state index is 9.53. The average Bonchev–Trinajstić information content (AvgIpc) is 2.65. The number of anilines is 2. The Kier molecular flexibility index (Phi) is 3.19. The lowest BCUT2D eigenvalue weighted by atomic mass is 10.2. The number of nitrogen functional groups attached to an aromatic ring is 1. The number of aliphatic hydroxyl groups is 1. The molecule has 0 bridgehead atoms. The van der Waals surface area contributed by atoms with Crippen LogP contribution < -0.4 is 15.4 Å². The van der Waals surface area contributed by atoms with Crippen molar-refractivity contribution in [2.24, 2.45) is 0 Å². The van der Waals surface area contributed by atoms with Gasteiger partial charge in [-0.15, -0.1) is 0 Å². The lowest BCUT2D eigenvalue weighted by Gasteiger charge is -2.21. The number of β-amino-alcohol motifs (C(OH)–C–C–N with tert-alkyl or cyclic N) is 1. The van der Waals surface area contributed by atoms with Crippen molar-refractivity contribution >= 4 is 11.4 Å². The summed E-state index contributed by atoms with van der Waals surface area (Å²) in [5.74, 6) is 0.802. The quantitative estimate of drug-likeness (QED) is 0.755. The molecule has 16 heavy (non-hydrogen) atoms. The largest absolute Gasteiger partial charge is 0.492 e. The molecule has 1 aliphatic heterocycles. The fraction of sp³-hybridized carbons (Fsp3) is 0.500. The Hall–Kier alpha value is -1.42. The number of hydrogen-bond acceptors (Lipinski definition) is 4. The van der Waals surface area contributed by atoms with Crippen molar-refractivity contribution < 1.29 is 9.84 Å². The Morgan fingerprint density at radius 2 is 2.38 bits per heavy atom. The highest BCUT2D eigenvalue weighted by molar-refractivity contribution is 5.64. The topological polar surface area (TPSA) is 58.7 Å². The lowest BCUT2D eigenvalue weighted by molar-refractivity contribution is 0.198. The van der Waals surface area contributed by atoms with Crippen LogP contribution in [0, 0.1) is 0 Å². The van der Waals surface area contributed by atoms with Gasteiger partial charge >= 0.3 is 0 Å². The van der Waals surface area contributed by atoms with Crippen LogP contribution in [0.15, 0.2) is 18.2 Å². The van der Waals surface area contributed by atoms with Gasteiger partial charge in [-0.2, -0.15) is 0 Å². The smallest absolute Gasteiger partial charge is 0.144 e. The summed E-state index contributed by atoms with van der Waals surface area (Å²) in [6, 6.07) is 5.66. The molecule has 2 rings (SSSR count). The molecule has 1 saturated heterocycles. The van der Waals surface area contributed by atoms with Crippen LogP contribution in [0.3, 0.4) is 0 Å². The zero-order chi connectivity index (χ0) is 11.5. The number of rotatable bonds is 3. The second-order valence-corrected chi connectivity index (χ2v) is 4.05. The SMILES string of the molecule is CCOc1cc(N)ccc1N1CCC(O)C1. The molecule has 88 valence electrons. The number of nitrogens with two attached hydrogens (primary N) is 1. The molecule has 1 aromatic carbocycles. The third kappa shape index (κ3) is 2.22. The summed E-state index contributed by atoms with van der Waals surface area (Å²) in [5, 5.41) is 9.53. The molecule has 1 aromatic rings. The number of benzene rings is 1. The minimum atomic E-state index is -0.230. The van der Waals surface area contributed by atoms with Gasteiger partial charge in [0.25, 0.3) is 0 Å². The standard InChI is InChI=1S/C12H18N2O2/c1-2-16-12-7-9(13)3-4-11(12)14-6-5-10(15)8-14/h3-4,7,10,15H,2,5-6,8,13H2,1H3. The molecule has 1 heterocycles. The Labute approximate surface area is 95.6 Å². The number of aliphatic hydroxyl groups excluding tert-OH is 1. The second-order valence-electron chi connectivity index (χ2n) is 4.05. The highest BCUT2D eigenvalue weighted by Gasteiger charge is 2.22. The monoisotopic (exact) mass is 222 g/mol. The number of hydrogen-bond donors (Lipinski definition) is 2. The van der Waals surface area contributed by atoms with Crippen LogP contribution in [0.5, 0.6) is 5.75 Å². The van der Waals surface area contributed by atoms with Crippen molar-refractivity contribution in [1.82, 2.24) is 0 Å². The van der Waals surface area contributed by atoms with Crippen molar-refractivity contribution in [1.29, 1.82) is 0 Å². The van der Waals surface area contributed by atoms with E-state index in [4.69, 9.17) is 10.5 Å². The van der Waals surface area contributed by atoms with Crippen molar-refractivity contribution in [2.45, 2.75) is 19.4 Å². The Morgan fingerprint density at radius 3 is 3.00 bits per heavy atom. The summed E-state index contributed by atoms with van der Waals surface area (Å²) in [6.07, 6.45) is 0.586. The van der Waals surface area contributed by atoms with E-state index in [1.807, 2.05) is 25.1 Å². The van der Waals surface area contributed by atoms with Crippen molar-refractivity contribution in [2.75, 3.05) is 30.3 Å². The first-order valence-corrected chi connectivity index (χ1v) is 5.66. The Morgan fingerprint density at radius 1 is 1.56 bits per heavy atom. The molecular formula is C12H18N2O2. The number of nitrogens with zero attached hydrogens (tertiary/aromatic N) is 1. The fourth-order valence-corrected chi connectivity index (χ4v) is 2.02. The summed E-state index contributed by atoms with van der Waals surface area (Å²) >= 11 is 0. The molecule has 0 aromatic heterocycles. The average molecular weight is 222 g/mol. The summed E-state index contributed by atoms with van der Waals surface area (Å²) in [5.41, 5.74) is 7.46. The summed E-state index contributed by atoms with van der Waals surface area (Å²) in [6.45, 7) is 4.10. The first-order valence-electron chi connectivity index (χ1n) is 5.66. The van der Waals surface area contributed by atoms with Gasteiger partial charge in [-0.05, 0) is 25.5 Å². The predicted molar refractivity (Wildman–Crippen MR) is 64.9 cm³/mol. The normalized spacial score (nSPS) is 20.1. The molecule has 0 radical (unpaired) electrons. The van der Waals surface area contributed by atoms with E-state index >= 15 is 0 Å². The summed E-state index contributed by atoms with van der Waals surface area (Å²) in [7, 11) is 0. The van der Waals surface area contributed by atoms with Gasteiger partial charge in [0.15, 0.2) is 0 Å². The highest BCUT2D eigenvalue weighted by Crippen LogP contribution is 2.32. The third-order valence-corrected chi connectivity index (χ3v) is 2.79. The van der Waals surface area contributed by atoms with E-state index in [9.17, 15) is 5.11 Å².